The van der Waals surface area contributed by atoms with Crippen LogP contribution in [0.25, 0.3) is 0 Å². The van der Waals surface area contributed by atoms with Crippen LogP contribution in [0.3, 0.4) is 0 Å². The molecule has 0 spiro atoms. The number of fused-ring (bicyclic) bond motifs is 1. The highest BCUT2D eigenvalue weighted by Gasteiger charge is 2.24. The van der Waals surface area contributed by atoms with Crippen LogP contribution in [0.5, 0.6) is 0 Å². The molecule has 0 saturated heterocycles. The molecule has 1 aliphatic rings. The second-order valence-electron chi connectivity index (χ2n) is 5.33. The van der Waals surface area contributed by atoms with Gasteiger partial charge in [-0.25, -0.2) is 0 Å². The molecule has 2 aromatic rings. The van der Waals surface area contributed by atoms with E-state index in [0.717, 1.165) is 23.4 Å². The van der Waals surface area contributed by atoms with Crippen molar-refractivity contribution >= 4 is 11.6 Å². The summed E-state index contributed by atoms with van der Waals surface area (Å²) >= 11 is 6.04. The number of benzene rings is 2. The van der Waals surface area contributed by atoms with Gasteiger partial charge in [-0.2, -0.15) is 0 Å². The van der Waals surface area contributed by atoms with Crippen molar-refractivity contribution in [3.05, 3.63) is 70.2 Å². The minimum absolute atomic E-state index is 0.00835. The molecule has 0 amide bonds. The predicted molar refractivity (Wildman–Crippen MR) is 82.1 cm³/mol. The van der Waals surface area contributed by atoms with Crippen LogP contribution in [-0.4, -0.2) is 17.8 Å². The van der Waals surface area contributed by atoms with Gasteiger partial charge < -0.3 is 10.4 Å². The summed E-state index contributed by atoms with van der Waals surface area (Å²) in [5.41, 5.74) is 3.81. The van der Waals surface area contributed by atoms with Gasteiger partial charge in [0.1, 0.15) is 0 Å². The van der Waals surface area contributed by atoms with E-state index in [9.17, 15) is 5.11 Å². The van der Waals surface area contributed by atoms with Crippen LogP contribution in [0.1, 0.15) is 22.7 Å². The lowest BCUT2D eigenvalue weighted by Gasteiger charge is -2.21. The van der Waals surface area contributed by atoms with Gasteiger partial charge in [-0.3, -0.25) is 0 Å². The number of halogens is 1. The summed E-state index contributed by atoms with van der Waals surface area (Å²) in [6.45, 7) is 0.109. The van der Waals surface area contributed by atoms with Crippen LogP contribution in [0.4, 0.5) is 0 Å². The summed E-state index contributed by atoms with van der Waals surface area (Å²) in [6.07, 6.45) is 1.97. The predicted octanol–water partition coefficient (Wildman–Crippen LogP) is 3.13. The summed E-state index contributed by atoms with van der Waals surface area (Å²) in [5, 5.41) is 14.0. The van der Waals surface area contributed by atoms with Crippen molar-refractivity contribution in [2.75, 3.05) is 6.61 Å². The van der Waals surface area contributed by atoms with E-state index in [1.165, 1.54) is 11.1 Å². The van der Waals surface area contributed by atoms with Crippen molar-refractivity contribution in [3.8, 4) is 0 Å². The van der Waals surface area contributed by atoms with E-state index in [1.54, 1.807) is 0 Å². The lowest BCUT2D eigenvalue weighted by atomic mass is 10.1. The molecule has 0 heterocycles. The lowest BCUT2D eigenvalue weighted by molar-refractivity contribution is 0.233. The van der Waals surface area contributed by atoms with Gasteiger partial charge in [-0.1, -0.05) is 48.0 Å². The van der Waals surface area contributed by atoms with Crippen LogP contribution in [0, 0.1) is 0 Å². The van der Waals surface area contributed by atoms with E-state index >= 15 is 0 Å². The third-order valence-corrected chi connectivity index (χ3v) is 4.16. The molecule has 0 bridgehead atoms. The topological polar surface area (TPSA) is 32.3 Å². The molecule has 104 valence electrons. The summed E-state index contributed by atoms with van der Waals surface area (Å²) in [7, 11) is 0. The van der Waals surface area contributed by atoms with Crippen LogP contribution >= 0.6 is 11.6 Å². The van der Waals surface area contributed by atoms with Crippen molar-refractivity contribution in [1.29, 1.82) is 0 Å². The molecular formula is C17H18ClNO. The van der Waals surface area contributed by atoms with Gasteiger partial charge in [0.05, 0.1) is 12.6 Å². The maximum absolute atomic E-state index is 9.62. The maximum Gasteiger partial charge on any atom is 0.0626 e. The van der Waals surface area contributed by atoms with Gasteiger partial charge in [-0.05, 0) is 41.7 Å². The zero-order valence-electron chi connectivity index (χ0n) is 11.2. The van der Waals surface area contributed by atoms with E-state index in [-0.39, 0.29) is 12.6 Å². The molecule has 0 fully saturated rings. The Hall–Kier alpha value is -1.35. The zero-order valence-corrected chi connectivity index (χ0v) is 12.0. The van der Waals surface area contributed by atoms with Gasteiger partial charge in [0.25, 0.3) is 0 Å². The Balaban J connectivity index is 1.70. The standard InChI is InChI=1S/C17H18ClNO/c18-15-7-6-13-9-16(10-14(13)8-15)19-17(11-20)12-4-2-1-3-5-12/h1-8,16-17,19-20H,9-11H2. The van der Waals surface area contributed by atoms with Crippen LogP contribution in [0.2, 0.25) is 5.02 Å². The van der Waals surface area contributed by atoms with Gasteiger partial charge in [0, 0.05) is 11.1 Å². The molecule has 2 N–H and O–H groups in total. The Kier molecular flexibility index (Phi) is 4.06. The Labute approximate surface area is 124 Å². The van der Waals surface area contributed by atoms with Gasteiger partial charge in [-0.15, -0.1) is 0 Å². The molecule has 2 aromatic carbocycles. The summed E-state index contributed by atoms with van der Waals surface area (Å²) in [4.78, 5) is 0. The molecule has 0 aliphatic heterocycles. The molecule has 3 rings (SSSR count). The molecule has 2 unspecified atom stereocenters. The molecule has 20 heavy (non-hydrogen) atoms. The smallest absolute Gasteiger partial charge is 0.0626 e. The van der Waals surface area contributed by atoms with Crippen molar-refractivity contribution in [1.82, 2.24) is 5.32 Å². The maximum atomic E-state index is 9.62. The average Bonchev–Trinajstić information content (AvgIpc) is 2.87. The molecule has 2 atom stereocenters. The highest BCUT2D eigenvalue weighted by atomic mass is 35.5. The first-order valence-electron chi connectivity index (χ1n) is 6.95. The minimum Gasteiger partial charge on any atom is -0.394 e. The number of hydrogen-bond donors (Lipinski definition) is 2. The van der Waals surface area contributed by atoms with E-state index in [4.69, 9.17) is 11.6 Å². The van der Waals surface area contributed by atoms with Gasteiger partial charge in [0.15, 0.2) is 0 Å². The fourth-order valence-electron chi connectivity index (χ4n) is 2.93. The number of aliphatic hydroxyl groups is 1. The normalized spacial score (nSPS) is 18.8. The first kappa shape index (κ1) is 13.6. The average molecular weight is 288 g/mol. The molecular weight excluding hydrogens is 270 g/mol. The minimum atomic E-state index is -0.00835. The highest BCUT2D eigenvalue weighted by Crippen LogP contribution is 2.26. The quantitative estimate of drug-likeness (QED) is 0.905. The first-order valence-corrected chi connectivity index (χ1v) is 7.33. The van der Waals surface area contributed by atoms with Crippen molar-refractivity contribution in [2.45, 2.75) is 24.9 Å². The molecule has 3 heteroatoms. The van der Waals surface area contributed by atoms with Crippen LogP contribution < -0.4 is 5.32 Å². The molecule has 0 radical (unpaired) electrons. The Bertz CT molecular complexity index is 585. The Morgan fingerprint density at radius 2 is 1.85 bits per heavy atom. The molecule has 2 nitrogen and oxygen atoms in total. The number of hydrogen-bond acceptors (Lipinski definition) is 2. The highest BCUT2D eigenvalue weighted by molar-refractivity contribution is 6.30. The van der Waals surface area contributed by atoms with Crippen molar-refractivity contribution in [2.24, 2.45) is 0 Å². The third kappa shape index (κ3) is 2.88. The van der Waals surface area contributed by atoms with Crippen molar-refractivity contribution in [3.63, 3.8) is 0 Å². The number of nitrogens with one attached hydrogen (secondary N) is 1. The van der Waals surface area contributed by atoms with Gasteiger partial charge in [0.2, 0.25) is 0 Å². The van der Waals surface area contributed by atoms with E-state index in [0.29, 0.717) is 6.04 Å². The molecule has 0 aromatic heterocycles. The molecule has 1 aliphatic carbocycles. The SMILES string of the molecule is OCC(NC1Cc2ccc(Cl)cc2C1)c1ccccc1. The summed E-state index contributed by atoms with van der Waals surface area (Å²) in [6, 6.07) is 16.6. The van der Waals surface area contributed by atoms with Gasteiger partial charge >= 0.3 is 0 Å². The Morgan fingerprint density at radius 1 is 1.10 bits per heavy atom. The second-order valence-corrected chi connectivity index (χ2v) is 5.77. The zero-order chi connectivity index (χ0) is 13.9. The van der Waals surface area contributed by atoms with Crippen LogP contribution in [-0.2, 0) is 12.8 Å². The molecule has 0 saturated carbocycles. The number of rotatable bonds is 4. The third-order valence-electron chi connectivity index (χ3n) is 3.92. The fourth-order valence-corrected chi connectivity index (χ4v) is 3.12. The number of aliphatic hydroxyl groups excluding tert-OH is 1. The Morgan fingerprint density at radius 3 is 2.60 bits per heavy atom. The van der Waals surface area contributed by atoms with E-state index in [1.807, 2.05) is 36.4 Å². The summed E-state index contributed by atoms with van der Waals surface area (Å²) in [5.74, 6) is 0. The lowest BCUT2D eigenvalue weighted by Crippen LogP contribution is -2.35. The first-order chi connectivity index (χ1) is 9.76. The largest absolute Gasteiger partial charge is 0.394 e. The monoisotopic (exact) mass is 287 g/mol. The summed E-state index contributed by atoms with van der Waals surface area (Å²) < 4.78 is 0. The van der Waals surface area contributed by atoms with E-state index < -0.39 is 0 Å². The van der Waals surface area contributed by atoms with E-state index in [2.05, 4.69) is 17.4 Å². The van der Waals surface area contributed by atoms with Crippen LogP contribution in [0.15, 0.2) is 48.5 Å². The fraction of sp³-hybridized carbons (Fsp3) is 0.294. The second kappa shape index (κ2) is 5.96. The van der Waals surface area contributed by atoms with Crippen molar-refractivity contribution < 1.29 is 5.11 Å².